The molecule has 1 unspecified atom stereocenters. The molecule has 23 heavy (non-hydrogen) atoms. The van der Waals surface area contributed by atoms with E-state index in [-0.39, 0.29) is 38.0 Å². The SMILES string of the molecule is COc1nccc(NC(=O)N2CCN(C(C)C(F)(F)F)CC2)n1. The Balaban J connectivity index is 1.88. The summed E-state index contributed by atoms with van der Waals surface area (Å²) in [6.45, 7) is 1.90. The van der Waals surface area contributed by atoms with Crippen LogP contribution in [0.4, 0.5) is 23.8 Å². The van der Waals surface area contributed by atoms with Crippen molar-refractivity contribution in [3.63, 3.8) is 0 Å². The molecule has 1 aromatic rings. The lowest BCUT2D eigenvalue weighted by Gasteiger charge is -2.38. The highest BCUT2D eigenvalue weighted by atomic mass is 19.4. The summed E-state index contributed by atoms with van der Waals surface area (Å²) in [7, 11) is 1.40. The zero-order chi connectivity index (χ0) is 17.0. The van der Waals surface area contributed by atoms with E-state index in [2.05, 4.69) is 15.3 Å². The molecular weight excluding hydrogens is 315 g/mol. The van der Waals surface area contributed by atoms with Gasteiger partial charge in [-0.3, -0.25) is 10.2 Å². The number of carbonyl (C=O) groups is 1. The number of aromatic nitrogens is 2. The second-order valence-corrected chi connectivity index (χ2v) is 5.10. The molecule has 1 saturated heterocycles. The lowest BCUT2D eigenvalue weighted by atomic mass is 10.2. The molecule has 1 aliphatic heterocycles. The second-order valence-electron chi connectivity index (χ2n) is 5.10. The first-order valence-corrected chi connectivity index (χ1v) is 7.05. The number of ether oxygens (including phenoxy) is 1. The predicted molar refractivity (Wildman–Crippen MR) is 76.3 cm³/mol. The summed E-state index contributed by atoms with van der Waals surface area (Å²) in [5, 5.41) is 2.58. The molecule has 10 heteroatoms. The lowest BCUT2D eigenvalue weighted by molar-refractivity contribution is -0.181. The van der Waals surface area contributed by atoms with Crippen LogP contribution in [0.3, 0.4) is 0 Å². The molecule has 0 radical (unpaired) electrons. The number of anilines is 1. The fourth-order valence-electron chi connectivity index (χ4n) is 2.22. The Bertz CT molecular complexity index is 547. The van der Waals surface area contributed by atoms with Gasteiger partial charge in [-0.1, -0.05) is 0 Å². The van der Waals surface area contributed by atoms with Crippen molar-refractivity contribution in [3.05, 3.63) is 12.3 Å². The zero-order valence-corrected chi connectivity index (χ0v) is 12.8. The predicted octanol–water partition coefficient (Wildman–Crippen LogP) is 1.59. The standard InChI is InChI=1S/C13H18F3N5O2/c1-9(13(14,15)16)20-5-7-21(8-6-20)12(22)19-10-3-4-17-11(18-10)23-2/h3-4,9H,5-8H2,1-2H3,(H,17,18,19,22). The molecule has 1 N–H and O–H groups in total. The fourth-order valence-corrected chi connectivity index (χ4v) is 2.22. The van der Waals surface area contributed by atoms with Crippen molar-refractivity contribution in [2.45, 2.75) is 19.1 Å². The number of halogens is 3. The number of hydrogen-bond donors (Lipinski definition) is 1. The molecule has 1 atom stereocenters. The minimum atomic E-state index is -4.26. The first kappa shape index (κ1) is 17.3. The van der Waals surface area contributed by atoms with Crippen LogP contribution >= 0.6 is 0 Å². The van der Waals surface area contributed by atoms with Crippen LogP contribution in [-0.2, 0) is 0 Å². The van der Waals surface area contributed by atoms with Gasteiger partial charge < -0.3 is 9.64 Å². The van der Waals surface area contributed by atoms with Crippen molar-refractivity contribution in [1.82, 2.24) is 19.8 Å². The number of amides is 2. The van der Waals surface area contributed by atoms with Crippen LogP contribution < -0.4 is 10.1 Å². The highest BCUT2D eigenvalue weighted by Crippen LogP contribution is 2.25. The van der Waals surface area contributed by atoms with Gasteiger partial charge in [0.25, 0.3) is 0 Å². The van der Waals surface area contributed by atoms with Gasteiger partial charge in [0.05, 0.1) is 7.11 Å². The number of carbonyl (C=O) groups excluding carboxylic acids is 1. The highest BCUT2D eigenvalue weighted by molar-refractivity contribution is 5.88. The molecule has 2 heterocycles. The zero-order valence-electron chi connectivity index (χ0n) is 12.8. The summed E-state index contributed by atoms with van der Waals surface area (Å²) in [5.41, 5.74) is 0. The number of hydrogen-bond acceptors (Lipinski definition) is 5. The summed E-state index contributed by atoms with van der Waals surface area (Å²) in [5.74, 6) is 0.271. The van der Waals surface area contributed by atoms with Gasteiger partial charge in [0.2, 0.25) is 0 Å². The number of nitrogens with one attached hydrogen (secondary N) is 1. The number of alkyl halides is 3. The number of methoxy groups -OCH3 is 1. The van der Waals surface area contributed by atoms with Crippen molar-refractivity contribution in [2.75, 3.05) is 38.6 Å². The molecule has 1 aliphatic rings. The molecule has 2 rings (SSSR count). The molecule has 0 spiro atoms. The quantitative estimate of drug-likeness (QED) is 0.909. The molecule has 2 amide bonds. The van der Waals surface area contributed by atoms with Gasteiger partial charge in [-0.15, -0.1) is 0 Å². The third kappa shape index (κ3) is 4.44. The van der Waals surface area contributed by atoms with E-state index in [9.17, 15) is 18.0 Å². The summed E-state index contributed by atoms with van der Waals surface area (Å²) in [6, 6.07) is -0.307. The molecule has 1 aromatic heterocycles. The topological polar surface area (TPSA) is 70.6 Å². The van der Waals surface area contributed by atoms with E-state index in [4.69, 9.17) is 4.74 Å². The summed E-state index contributed by atoms with van der Waals surface area (Å²) >= 11 is 0. The summed E-state index contributed by atoms with van der Waals surface area (Å²) in [4.78, 5) is 22.7. The maximum atomic E-state index is 12.7. The monoisotopic (exact) mass is 333 g/mol. The molecule has 7 nitrogen and oxygen atoms in total. The van der Waals surface area contributed by atoms with Gasteiger partial charge >= 0.3 is 18.2 Å². The number of nitrogens with zero attached hydrogens (tertiary/aromatic N) is 4. The highest BCUT2D eigenvalue weighted by Gasteiger charge is 2.41. The van der Waals surface area contributed by atoms with Crippen LogP contribution in [-0.4, -0.2) is 71.3 Å². The van der Waals surface area contributed by atoms with Crippen molar-refractivity contribution in [2.24, 2.45) is 0 Å². The van der Waals surface area contributed by atoms with Gasteiger partial charge in [0.1, 0.15) is 11.9 Å². The maximum Gasteiger partial charge on any atom is 0.403 e. The Morgan fingerprint density at radius 1 is 1.35 bits per heavy atom. The van der Waals surface area contributed by atoms with E-state index in [0.29, 0.717) is 0 Å². The molecule has 0 aliphatic carbocycles. The first-order valence-electron chi connectivity index (χ1n) is 7.05. The van der Waals surface area contributed by atoms with Gasteiger partial charge in [-0.2, -0.15) is 18.2 Å². The molecule has 0 bridgehead atoms. The average molecular weight is 333 g/mol. The lowest BCUT2D eigenvalue weighted by Crippen LogP contribution is -2.55. The first-order chi connectivity index (χ1) is 10.8. The van der Waals surface area contributed by atoms with Crippen molar-refractivity contribution in [3.8, 4) is 6.01 Å². The Labute approximate surface area is 131 Å². The molecule has 1 fully saturated rings. The van der Waals surface area contributed by atoms with Crippen molar-refractivity contribution < 1.29 is 22.7 Å². The Hall–Kier alpha value is -2.10. The van der Waals surface area contributed by atoms with Crippen molar-refractivity contribution >= 4 is 11.8 Å². The molecule has 128 valence electrons. The van der Waals surface area contributed by atoms with E-state index >= 15 is 0 Å². The van der Waals surface area contributed by atoms with E-state index < -0.39 is 18.2 Å². The van der Waals surface area contributed by atoms with Crippen LogP contribution in [0.25, 0.3) is 0 Å². The average Bonchev–Trinajstić information content (AvgIpc) is 2.53. The molecular formula is C13H18F3N5O2. The summed E-state index contributed by atoms with van der Waals surface area (Å²) in [6.07, 6.45) is -2.83. The van der Waals surface area contributed by atoms with Gasteiger partial charge in [-0.25, -0.2) is 9.78 Å². The molecule has 0 saturated carbocycles. The smallest absolute Gasteiger partial charge is 0.403 e. The second kappa shape index (κ2) is 6.99. The normalized spacial score (nSPS) is 17.7. The van der Waals surface area contributed by atoms with Crippen LogP contribution in [0.1, 0.15) is 6.92 Å². The van der Waals surface area contributed by atoms with Gasteiger partial charge in [0, 0.05) is 32.4 Å². The maximum absolute atomic E-state index is 12.7. The van der Waals surface area contributed by atoms with Crippen LogP contribution in [0.2, 0.25) is 0 Å². The van der Waals surface area contributed by atoms with Crippen LogP contribution in [0, 0.1) is 0 Å². The van der Waals surface area contributed by atoms with E-state index in [1.807, 2.05) is 0 Å². The van der Waals surface area contributed by atoms with E-state index in [0.717, 1.165) is 6.92 Å². The summed E-state index contributed by atoms with van der Waals surface area (Å²) < 4.78 is 42.9. The number of urea groups is 1. The Morgan fingerprint density at radius 3 is 2.57 bits per heavy atom. The van der Waals surface area contributed by atoms with Gasteiger partial charge in [-0.05, 0) is 13.0 Å². The minimum absolute atomic E-state index is 0.117. The third-order valence-corrected chi connectivity index (χ3v) is 3.67. The fraction of sp³-hybridized carbons (Fsp3) is 0.615. The van der Waals surface area contributed by atoms with E-state index in [1.165, 1.54) is 29.2 Å². The van der Waals surface area contributed by atoms with Gasteiger partial charge in [0.15, 0.2) is 0 Å². The minimum Gasteiger partial charge on any atom is -0.467 e. The Morgan fingerprint density at radius 2 is 2.00 bits per heavy atom. The largest absolute Gasteiger partial charge is 0.467 e. The van der Waals surface area contributed by atoms with Crippen LogP contribution in [0.5, 0.6) is 6.01 Å². The van der Waals surface area contributed by atoms with Crippen LogP contribution in [0.15, 0.2) is 12.3 Å². The van der Waals surface area contributed by atoms with E-state index in [1.54, 1.807) is 0 Å². The Kier molecular flexibility index (Phi) is 5.24. The third-order valence-electron chi connectivity index (χ3n) is 3.67. The number of piperazine rings is 1. The van der Waals surface area contributed by atoms with Crippen molar-refractivity contribution in [1.29, 1.82) is 0 Å². The number of rotatable bonds is 3. The molecule has 0 aromatic carbocycles.